The van der Waals surface area contributed by atoms with Crippen molar-refractivity contribution in [1.82, 2.24) is 4.90 Å². The molecule has 0 bridgehead atoms. The first-order valence-corrected chi connectivity index (χ1v) is 6.56. The first kappa shape index (κ1) is 13.2. The fourth-order valence-electron chi connectivity index (χ4n) is 2.12. The zero-order valence-electron chi connectivity index (χ0n) is 11.0. The van der Waals surface area contributed by atoms with Crippen molar-refractivity contribution in [2.24, 2.45) is 0 Å². The molecule has 0 aliphatic carbocycles. The Hall–Kier alpha value is -1.26. The fourth-order valence-corrected chi connectivity index (χ4v) is 2.12. The van der Waals surface area contributed by atoms with Crippen LogP contribution in [0.4, 0.5) is 5.69 Å². The van der Waals surface area contributed by atoms with Crippen molar-refractivity contribution in [2.75, 3.05) is 38.6 Å². The van der Waals surface area contributed by atoms with Crippen molar-refractivity contribution in [3.05, 3.63) is 24.3 Å². The summed E-state index contributed by atoms with van der Waals surface area (Å²) in [5.41, 5.74) is 6.39. The highest BCUT2D eigenvalue weighted by atomic mass is 16.5. The van der Waals surface area contributed by atoms with Crippen LogP contribution in [0.3, 0.4) is 0 Å². The van der Waals surface area contributed by atoms with E-state index in [2.05, 4.69) is 11.8 Å². The van der Waals surface area contributed by atoms with E-state index in [1.54, 1.807) is 0 Å². The third kappa shape index (κ3) is 3.89. The monoisotopic (exact) mass is 250 g/mol. The molecular formula is C14H22N2O2. The molecule has 1 fully saturated rings. The predicted molar refractivity (Wildman–Crippen MR) is 72.8 cm³/mol. The zero-order valence-corrected chi connectivity index (χ0v) is 11.0. The molecule has 1 heterocycles. The van der Waals surface area contributed by atoms with Gasteiger partial charge in [0, 0.05) is 24.8 Å². The lowest BCUT2D eigenvalue weighted by Gasteiger charge is -2.33. The van der Waals surface area contributed by atoms with E-state index in [4.69, 9.17) is 15.2 Å². The van der Waals surface area contributed by atoms with Gasteiger partial charge in [0.25, 0.3) is 0 Å². The van der Waals surface area contributed by atoms with E-state index in [0.717, 1.165) is 50.8 Å². The Morgan fingerprint density at radius 2 is 2.17 bits per heavy atom. The van der Waals surface area contributed by atoms with Crippen LogP contribution < -0.4 is 10.5 Å². The number of nitrogens with two attached hydrogens (primary N) is 1. The van der Waals surface area contributed by atoms with Gasteiger partial charge in [0.05, 0.1) is 19.8 Å². The third-order valence-electron chi connectivity index (χ3n) is 3.24. The fraction of sp³-hybridized carbons (Fsp3) is 0.571. The number of hydrogen-bond acceptors (Lipinski definition) is 4. The lowest BCUT2D eigenvalue weighted by molar-refractivity contribution is -0.00200. The number of rotatable bonds is 5. The largest absolute Gasteiger partial charge is 0.494 e. The van der Waals surface area contributed by atoms with Crippen LogP contribution in [0.1, 0.15) is 13.3 Å². The zero-order chi connectivity index (χ0) is 12.8. The van der Waals surface area contributed by atoms with Crippen molar-refractivity contribution < 1.29 is 9.47 Å². The minimum Gasteiger partial charge on any atom is -0.494 e. The molecule has 1 atom stereocenters. The molecule has 4 nitrogen and oxygen atoms in total. The molecule has 4 heteroatoms. The van der Waals surface area contributed by atoms with Crippen LogP contribution in [0.15, 0.2) is 24.3 Å². The standard InChI is InChI=1S/C14H22N2O2/c1-12-11-17-10-8-16(12)7-2-9-18-14-5-3-13(15)4-6-14/h3-6,12H,2,7-11,15H2,1H3. The van der Waals surface area contributed by atoms with Crippen molar-refractivity contribution in [1.29, 1.82) is 0 Å². The van der Waals surface area contributed by atoms with E-state index in [1.165, 1.54) is 0 Å². The molecule has 1 aromatic rings. The quantitative estimate of drug-likeness (QED) is 0.639. The Morgan fingerprint density at radius 1 is 1.39 bits per heavy atom. The molecule has 1 unspecified atom stereocenters. The first-order chi connectivity index (χ1) is 8.75. The molecule has 1 aliphatic heterocycles. The van der Waals surface area contributed by atoms with Gasteiger partial charge < -0.3 is 15.2 Å². The Kier molecular flexibility index (Phi) is 4.84. The molecule has 0 aromatic heterocycles. The van der Waals surface area contributed by atoms with Crippen LogP contribution in [-0.2, 0) is 4.74 Å². The van der Waals surface area contributed by atoms with Crippen LogP contribution >= 0.6 is 0 Å². The lowest BCUT2D eigenvalue weighted by Crippen LogP contribution is -2.44. The second kappa shape index (κ2) is 6.61. The molecule has 18 heavy (non-hydrogen) atoms. The second-order valence-electron chi connectivity index (χ2n) is 4.73. The van der Waals surface area contributed by atoms with E-state index in [1.807, 2.05) is 24.3 Å². The summed E-state index contributed by atoms with van der Waals surface area (Å²) in [4.78, 5) is 2.45. The van der Waals surface area contributed by atoms with Gasteiger partial charge in [-0.05, 0) is 37.6 Å². The average molecular weight is 250 g/mol. The summed E-state index contributed by atoms with van der Waals surface area (Å²) in [7, 11) is 0. The van der Waals surface area contributed by atoms with E-state index in [9.17, 15) is 0 Å². The topological polar surface area (TPSA) is 47.7 Å². The van der Waals surface area contributed by atoms with E-state index in [0.29, 0.717) is 6.04 Å². The van der Waals surface area contributed by atoms with Crippen LogP contribution in [-0.4, -0.2) is 43.9 Å². The maximum Gasteiger partial charge on any atom is 0.119 e. The Bertz CT molecular complexity index is 353. The van der Waals surface area contributed by atoms with Gasteiger partial charge in [-0.1, -0.05) is 0 Å². The SMILES string of the molecule is CC1COCCN1CCCOc1ccc(N)cc1. The van der Waals surface area contributed by atoms with Gasteiger partial charge in [-0.15, -0.1) is 0 Å². The molecule has 0 spiro atoms. The minimum atomic E-state index is 0.523. The van der Waals surface area contributed by atoms with E-state index >= 15 is 0 Å². The Labute approximate surface area is 109 Å². The molecule has 100 valence electrons. The summed E-state index contributed by atoms with van der Waals surface area (Å²) >= 11 is 0. The summed E-state index contributed by atoms with van der Waals surface area (Å²) in [5, 5.41) is 0. The Morgan fingerprint density at radius 3 is 2.89 bits per heavy atom. The van der Waals surface area contributed by atoms with Gasteiger partial charge in [0.1, 0.15) is 5.75 Å². The molecular weight excluding hydrogens is 228 g/mol. The van der Waals surface area contributed by atoms with Gasteiger partial charge in [-0.25, -0.2) is 0 Å². The molecule has 0 amide bonds. The molecule has 0 saturated carbocycles. The van der Waals surface area contributed by atoms with Crippen molar-refractivity contribution >= 4 is 5.69 Å². The van der Waals surface area contributed by atoms with Crippen LogP contribution in [0, 0.1) is 0 Å². The number of nitrogen functional groups attached to an aromatic ring is 1. The molecule has 1 aliphatic rings. The van der Waals surface area contributed by atoms with Gasteiger partial charge in [-0.3, -0.25) is 4.90 Å². The smallest absolute Gasteiger partial charge is 0.119 e. The highest BCUT2D eigenvalue weighted by Gasteiger charge is 2.17. The highest BCUT2D eigenvalue weighted by Crippen LogP contribution is 2.13. The molecule has 1 aromatic carbocycles. The maximum atomic E-state index is 5.67. The summed E-state index contributed by atoms with van der Waals surface area (Å²) in [6, 6.07) is 8.06. The normalized spacial score (nSPS) is 20.8. The summed E-state index contributed by atoms with van der Waals surface area (Å²) in [6.07, 6.45) is 1.04. The van der Waals surface area contributed by atoms with Gasteiger partial charge in [-0.2, -0.15) is 0 Å². The summed E-state index contributed by atoms with van der Waals surface area (Å²) in [5.74, 6) is 0.888. The van der Waals surface area contributed by atoms with E-state index < -0.39 is 0 Å². The maximum absolute atomic E-state index is 5.67. The number of morpholine rings is 1. The number of ether oxygens (including phenoxy) is 2. The lowest BCUT2D eigenvalue weighted by atomic mass is 10.2. The number of anilines is 1. The van der Waals surface area contributed by atoms with Crippen LogP contribution in [0.2, 0.25) is 0 Å². The van der Waals surface area contributed by atoms with Crippen LogP contribution in [0.25, 0.3) is 0 Å². The van der Waals surface area contributed by atoms with Gasteiger partial charge in [0.15, 0.2) is 0 Å². The third-order valence-corrected chi connectivity index (χ3v) is 3.24. The Balaban J connectivity index is 1.65. The molecule has 2 rings (SSSR count). The van der Waals surface area contributed by atoms with E-state index in [-0.39, 0.29) is 0 Å². The van der Waals surface area contributed by atoms with Crippen molar-refractivity contribution in [2.45, 2.75) is 19.4 Å². The first-order valence-electron chi connectivity index (χ1n) is 6.56. The van der Waals surface area contributed by atoms with Crippen LogP contribution in [0.5, 0.6) is 5.75 Å². The highest BCUT2D eigenvalue weighted by molar-refractivity contribution is 5.41. The number of nitrogens with zero attached hydrogens (tertiary/aromatic N) is 1. The van der Waals surface area contributed by atoms with Crippen molar-refractivity contribution in [3.8, 4) is 5.75 Å². The summed E-state index contributed by atoms with van der Waals surface area (Å²) in [6.45, 7) is 6.75. The second-order valence-corrected chi connectivity index (χ2v) is 4.73. The van der Waals surface area contributed by atoms with Crippen molar-refractivity contribution in [3.63, 3.8) is 0 Å². The predicted octanol–water partition coefficient (Wildman–Crippen LogP) is 1.76. The molecule has 2 N–H and O–H groups in total. The summed E-state index contributed by atoms with van der Waals surface area (Å²) < 4.78 is 11.1. The minimum absolute atomic E-state index is 0.523. The number of benzene rings is 1. The average Bonchev–Trinajstić information content (AvgIpc) is 2.39. The molecule has 0 radical (unpaired) electrons. The van der Waals surface area contributed by atoms with Gasteiger partial charge >= 0.3 is 0 Å². The number of hydrogen-bond donors (Lipinski definition) is 1. The van der Waals surface area contributed by atoms with Gasteiger partial charge in [0.2, 0.25) is 0 Å². The molecule has 1 saturated heterocycles.